The summed E-state index contributed by atoms with van der Waals surface area (Å²) in [5.41, 5.74) is 2.14. The highest BCUT2D eigenvalue weighted by Crippen LogP contribution is 2.24. The van der Waals surface area contributed by atoms with Gasteiger partial charge >= 0.3 is 0 Å². The zero-order valence-electron chi connectivity index (χ0n) is 14.0. The minimum Gasteiger partial charge on any atom is -0.302 e. The van der Waals surface area contributed by atoms with Crippen molar-refractivity contribution in [3.63, 3.8) is 0 Å². The molecule has 0 radical (unpaired) electrons. The van der Waals surface area contributed by atoms with Gasteiger partial charge in [0.2, 0.25) is 0 Å². The van der Waals surface area contributed by atoms with Gasteiger partial charge in [-0.15, -0.1) is 0 Å². The van der Waals surface area contributed by atoms with E-state index in [1.165, 1.54) is 12.1 Å². The Bertz CT molecular complexity index is 802. The highest BCUT2D eigenvalue weighted by atomic mass is 19.1. The maximum Gasteiger partial charge on any atom is 0.126 e. The van der Waals surface area contributed by atoms with Crippen molar-refractivity contribution in [1.29, 1.82) is 0 Å². The third-order valence-corrected chi connectivity index (χ3v) is 4.24. The van der Waals surface area contributed by atoms with Gasteiger partial charge in [-0.1, -0.05) is 36.4 Å². The van der Waals surface area contributed by atoms with E-state index in [2.05, 4.69) is 29.4 Å². The molecule has 1 unspecified atom stereocenters. The van der Waals surface area contributed by atoms with E-state index in [4.69, 9.17) is 0 Å². The summed E-state index contributed by atoms with van der Waals surface area (Å²) in [7, 11) is 0. The molecule has 0 aliphatic carbocycles. The van der Waals surface area contributed by atoms with E-state index >= 15 is 0 Å². The van der Waals surface area contributed by atoms with Crippen molar-refractivity contribution in [2.24, 2.45) is 0 Å². The topological polar surface area (TPSA) is 24.9 Å². The van der Waals surface area contributed by atoms with Gasteiger partial charge in [0.25, 0.3) is 0 Å². The van der Waals surface area contributed by atoms with E-state index in [1.54, 1.807) is 6.20 Å². The first-order chi connectivity index (χ1) is 12.0. The number of halogens is 2. The minimum atomic E-state index is -0.570. The fourth-order valence-corrected chi connectivity index (χ4v) is 2.95. The third-order valence-electron chi connectivity index (χ3n) is 4.24. The Labute approximate surface area is 146 Å². The number of hydrogen-bond acceptors (Lipinski definition) is 2. The normalized spacial score (nSPS) is 13.4. The van der Waals surface area contributed by atoms with E-state index in [-0.39, 0.29) is 0 Å². The molecule has 0 spiro atoms. The summed E-state index contributed by atoms with van der Waals surface area (Å²) in [5.74, 6) is -1.14. The van der Waals surface area contributed by atoms with E-state index in [1.807, 2.05) is 36.4 Å². The van der Waals surface area contributed by atoms with Crippen LogP contribution in [0, 0.1) is 11.6 Å². The zero-order valence-corrected chi connectivity index (χ0v) is 14.0. The molecule has 0 aliphatic heterocycles. The van der Waals surface area contributed by atoms with Crippen molar-refractivity contribution >= 4 is 0 Å². The van der Waals surface area contributed by atoms with Gasteiger partial charge in [0, 0.05) is 18.8 Å². The molecule has 3 rings (SSSR count). The van der Waals surface area contributed by atoms with Crippen LogP contribution in [-0.2, 0) is 18.5 Å². The maximum absolute atomic E-state index is 13.4. The molecule has 3 aromatic rings. The number of pyridine rings is 1. The van der Waals surface area contributed by atoms with Crippen LogP contribution in [0.3, 0.4) is 0 Å². The van der Waals surface area contributed by atoms with Crippen LogP contribution in [0.2, 0.25) is 0 Å². The molecule has 2 nitrogen and oxygen atoms in total. The van der Waals surface area contributed by atoms with Crippen molar-refractivity contribution in [1.82, 2.24) is 10.3 Å². The second kappa shape index (κ2) is 7.53. The van der Waals surface area contributed by atoms with Gasteiger partial charge in [-0.25, -0.2) is 8.78 Å². The Kier molecular flexibility index (Phi) is 5.19. The Morgan fingerprint density at radius 3 is 2.20 bits per heavy atom. The van der Waals surface area contributed by atoms with Gasteiger partial charge < -0.3 is 5.32 Å². The van der Waals surface area contributed by atoms with Crippen LogP contribution in [0.25, 0.3) is 0 Å². The van der Waals surface area contributed by atoms with Crippen LogP contribution in [0.1, 0.15) is 23.7 Å². The molecule has 0 saturated heterocycles. The van der Waals surface area contributed by atoms with E-state index in [0.717, 1.165) is 17.3 Å². The van der Waals surface area contributed by atoms with Gasteiger partial charge in [0.1, 0.15) is 11.6 Å². The average molecular weight is 338 g/mol. The number of hydrogen-bond donors (Lipinski definition) is 1. The van der Waals surface area contributed by atoms with Gasteiger partial charge in [-0.05, 0) is 48.7 Å². The third kappa shape index (κ3) is 4.48. The van der Waals surface area contributed by atoms with Crippen LogP contribution in [0.4, 0.5) is 8.78 Å². The molecular weight excluding hydrogens is 318 g/mol. The van der Waals surface area contributed by atoms with E-state index < -0.39 is 17.2 Å². The quantitative estimate of drug-likeness (QED) is 0.710. The molecule has 1 atom stereocenters. The Hall–Kier alpha value is -2.59. The molecule has 1 N–H and O–H groups in total. The van der Waals surface area contributed by atoms with Gasteiger partial charge in [0.05, 0.1) is 11.2 Å². The molecule has 2 aromatic carbocycles. The minimum absolute atomic E-state index is 0.342. The summed E-state index contributed by atoms with van der Waals surface area (Å²) in [6.07, 6.45) is 2.46. The molecule has 25 heavy (non-hydrogen) atoms. The fraction of sp³-hybridized carbons (Fsp3) is 0.190. The number of nitrogens with zero attached hydrogens (tertiary/aromatic N) is 1. The van der Waals surface area contributed by atoms with Crippen molar-refractivity contribution in [3.05, 3.63) is 101 Å². The lowest BCUT2D eigenvalue weighted by molar-refractivity contribution is 0.350. The summed E-state index contributed by atoms with van der Waals surface area (Å²) < 4.78 is 26.9. The van der Waals surface area contributed by atoms with Crippen LogP contribution in [-0.4, -0.2) is 4.98 Å². The number of rotatable bonds is 6. The lowest BCUT2D eigenvalue weighted by atomic mass is 9.88. The second-order valence-corrected chi connectivity index (χ2v) is 6.34. The van der Waals surface area contributed by atoms with Crippen LogP contribution < -0.4 is 5.32 Å². The van der Waals surface area contributed by atoms with Crippen molar-refractivity contribution in [3.8, 4) is 0 Å². The molecule has 128 valence electrons. The molecule has 0 aliphatic rings. The summed E-state index contributed by atoms with van der Waals surface area (Å²) >= 11 is 0. The molecule has 0 bridgehead atoms. The summed E-state index contributed by atoms with van der Waals surface area (Å²) in [5, 5.41) is 3.44. The number of nitrogens with one attached hydrogen (secondary N) is 1. The predicted molar refractivity (Wildman–Crippen MR) is 94.9 cm³/mol. The molecule has 0 amide bonds. The Morgan fingerprint density at radius 2 is 1.56 bits per heavy atom. The van der Waals surface area contributed by atoms with E-state index in [0.29, 0.717) is 18.5 Å². The maximum atomic E-state index is 13.4. The van der Waals surface area contributed by atoms with Crippen molar-refractivity contribution < 1.29 is 8.78 Å². The Morgan fingerprint density at radius 1 is 0.880 bits per heavy atom. The smallest absolute Gasteiger partial charge is 0.126 e. The number of aromatic nitrogens is 1. The fourth-order valence-electron chi connectivity index (χ4n) is 2.95. The highest BCUT2D eigenvalue weighted by molar-refractivity contribution is 5.24. The van der Waals surface area contributed by atoms with E-state index in [9.17, 15) is 8.78 Å². The summed E-state index contributed by atoms with van der Waals surface area (Å²) in [6.45, 7) is 2.40. The Balaban J connectivity index is 1.86. The molecule has 0 saturated carbocycles. The average Bonchev–Trinajstić information content (AvgIpc) is 2.61. The lowest BCUT2D eigenvalue weighted by Gasteiger charge is -2.31. The molecule has 4 heteroatoms. The zero-order chi connectivity index (χ0) is 17.7. The summed E-state index contributed by atoms with van der Waals surface area (Å²) in [4.78, 5) is 4.48. The summed E-state index contributed by atoms with van der Waals surface area (Å²) in [6, 6.07) is 19.4. The van der Waals surface area contributed by atoms with Gasteiger partial charge in [-0.2, -0.15) is 0 Å². The van der Waals surface area contributed by atoms with Crippen molar-refractivity contribution in [2.75, 3.05) is 0 Å². The van der Waals surface area contributed by atoms with Gasteiger partial charge in [-0.3, -0.25) is 4.98 Å². The molecule has 0 fully saturated rings. The predicted octanol–water partition coefficient (Wildman–Crippen LogP) is 4.61. The number of benzene rings is 2. The highest BCUT2D eigenvalue weighted by Gasteiger charge is 2.27. The first-order valence-corrected chi connectivity index (χ1v) is 8.21. The molecular formula is C21H20F2N2. The standard InChI is InChI=1S/C21H20F2N2/c1-21(20-9-5-6-10-24-20,14-16-7-3-2-4-8-16)25-15-17-11-18(22)13-19(23)12-17/h2-13,25H,14-15H2,1H3. The van der Waals surface area contributed by atoms with Crippen LogP contribution in [0.15, 0.2) is 72.9 Å². The van der Waals surface area contributed by atoms with Crippen LogP contribution >= 0.6 is 0 Å². The lowest BCUT2D eigenvalue weighted by Crippen LogP contribution is -2.42. The molecule has 1 heterocycles. The monoisotopic (exact) mass is 338 g/mol. The van der Waals surface area contributed by atoms with Crippen molar-refractivity contribution in [2.45, 2.75) is 25.4 Å². The first-order valence-electron chi connectivity index (χ1n) is 8.21. The van der Waals surface area contributed by atoms with Crippen LogP contribution in [0.5, 0.6) is 0 Å². The SMILES string of the molecule is CC(Cc1ccccc1)(NCc1cc(F)cc(F)c1)c1ccccn1. The van der Waals surface area contributed by atoms with Gasteiger partial charge in [0.15, 0.2) is 0 Å². The second-order valence-electron chi connectivity index (χ2n) is 6.34. The molecule has 1 aromatic heterocycles. The first kappa shape index (κ1) is 17.2. The largest absolute Gasteiger partial charge is 0.302 e.